The summed E-state index contributed by atoms with van der Waals surface area (Å²) in [5.74, 6) is 1.92. The Balaban J connectivity index is 1.20. The number of aryl methyl sites for hydroxylation is 4. The third-order valence-corrected chi connectivity index (χ3v) is 9.71. The Morgan fingerprint density at radius 3 is 1.02 bits per heavy atom. The molecule has 0 atom stereocenters. The predicted octanol–water partition coefficient (Wildman–Crippen LogP) is 12.8. The molecule has 0 spiro atoms. The lowest BCUT2D eigenvalue weighted by Crippen LogP contribution is -2.00. The van der Waals surface area contributed by atoms with Crippen molar-refractivity contribution >= 4 is 0 Å². The summed E-state index contributed by atoms with van der Waals surface area (Å²) >= 11 is 0. The van der Waals surface area contributed by atoms with Crippen molar-refractivity contribution in [3.8, 4) is 78.7 Å². The maximum Gasteiger partial charge on any atom is 0.164 e. The van der Waals surface area contributed by atoms with Crippen LogP contribution in [0.25, 0.3) is 78.7 Å². The summed E-state index contributed by atoms with van der Waals surface area (Å²) in [4.78, 5) is 15.2. The molecule has 250 valence electrons. The second-order valence-corrected chi connectivity index (χ2v) is 13.6. The molecule has 0 saturated heterocycles. The molecule has 8 aromatic rings. The lowest BCUT2D eigenvalue weighted by Gasteiger charge is -2.12. The standard InChI is InChI=1S/C49H39N3/c1-32-22-24-34(3)45(26-32)41-18-8-14-37(28-41)39-16-10-20-43(30-39)48-50-47(36-12-6-5-7-13-36)51-49(52-48)44-21-11-17-40(31-44)38-15-9-19-42(29-38)46-27-33(2)23-25-35(46)4/h5-31H,1-4H3. The van der Waals surface area contributed by atoms with Gasteiger partial charge in [0.2, 0.25) is 0 Å². The van der Waals surface area contributed by atoms with Crippen molar-refractivity contribution in [1.82, 2.24) is 15.0 Å². The van der Waals surface area contributed by atoms with E-state index in [4.69, 9.17) is 15.0 Å². The van der Waals surface area contributed by atoms with Crippen molar-refractivity contribution in [2.75, 3.05) is 0 Å². The Morgan fingerprint density at radius 1 is 0.269 bits per heavy atom. The van der Waals surface area contributed by atoms with Crippen molar-refractivity contribution in [3.63, 3.8) is 0 Å². The van der Waals surface area contributed by atoms with Gasteiger partial charge in [0.05, 0.1) is 0 Å². The molecule has 0 aliphatic carbocycles. The van der Waals surface area contributed by atoms with E-state index >= 15 is 0 Å². The highest BCUT2D eigenvalue weighted by Gasteiger charge is 2.15. The first-order chi connectivity index (χ1) is 25.4. The minimum Gasteiger partial charge on any atom is -0.208 e. The molecule has 0 bridgehead atoms. The summed E-state index contributed by atoms with van der Waals surface area (Å²) in [5, 5.41) is 0. The maximum absolute atomic E-state index is 5.12. The zero-order valence-electron chi connectivity index (χ0n) is 29.9. The first-order valence-electron chi connectivity index (χ1n) is 17.8. The highest BCUT2D eigenvalue weighted by atomic mass is 15.0. The van der Waals surface area contributed by atoms with Crippen LogP contribution in [0.15, 0.2) is 164 Å². The Labute approximate surface area is 306 Å². The number of benzene rings is 7. The summed E-state index contributed by atoms with van der Waals surface area (Å²) < 4.78 is 0. The van der Waals surface area contributed by atoms with E-state index < -0.39 is 0 Å². The third-order valence-electron chi connectivity index (χ3n) is 9.71. The molecule has 7 aromatic carbocycles. The molecule has 0 saturated carbocycles. The molecule has 8 rings (SSSR count). The molecule has 52 heavy (non-hydrogen) atoms. The summed E-state index contributed by atoms with van der Waals surface area (Å²) in [7, 11) is 0. The van der Waals surface area contributed by atoms with E-state index in [0.717, 1.165) is 38.9 Å². The monoisotopic (exact) mass is 669 g/mol. The van der Waals surface area contributed by atoms with Gasteiger partial charge in [-0.25, -0.2) is 15.0 Å². The van der Waals surface area contributed by atoms with Gasteiger partial charge in [-0.3, -0.25) is 0 Å². The van der Waals surface area contributed by atoms with Crippen LogP contribution in [0.2, 0.25) is 0 Å². The average Bonchev–Trinajstić information content (AvgIpc) is 3.20. The molecule has 0 amide bonds. The number of hydrogen-bond donors (Lipinski definition) is 0. The van der Waals surface area contributed by atoms with Crippen LogP contribution < -0.4 is 0 Å². The molecule has 0 fully saturated rings. The van der Waals surface area contributed by atoms with Crippen molar-refractivity contribution < 1.29 is 0 Å². The van der Waals surface area contributed by atoms with Gasteiger partial charge in [0.15, 0.2) is 17.5 Å². The van der Waals surface area contributed by atoms with E-state index in [1.807, 2.05) is 30.3 Å². The number of nitrogens with zero attached hydrogens (tertiary/aromatic N) is 3. The molecular formula is C49H39N3. The Kier molecular flexibility index (Phi) is 8.84. The molecular weight excluding hydrogens is 631 g/mol. The topological polar surface area (TPSA) is 38.7 Å². The molecule has 1 aromatic heterocycles. The van der Waals surface area contributed by atoms with Crippen molar-refractivity contribution in [2.24, 2.45) is 0 Å². The van der Waals surface area contributed by atoms with Crippen LogP contribution >= 0.6 is 0 Å². The van der Waals surface area contributed by atoms with Gasteiger partial charge in [-0.05, 0) is 108 Å². The first-order valence-corrected chi connectivity index (χ1v) is 17.8. The minimum atomic E-state index is 0.638. The zero-order valence-corrected chi connectivity index (χ0v) is 29.9. The van der Waals surface area contributed by atoms with E-state index in [-0.39, 0.29) is 0 Å². The summed E-state index contributed by atoms with van der Waals surface area (Å²) in [6.45, 7) is 8.63. The predicted molar refractivity (Wildman–Crippen MR) is 217 cm³/mol. The highest BCUT2D eigenvalue weighted by Crippen LogP contribution is 2.34. The fourth-order valence-electron chi connectivity index (χ4n) is 6.85. The average molecular weight is 670 g/mol. The van der Waals surface area contributed by atoms with E-state index in [2.05, 4.69) is 161 Å². The lowest BCUT2D eigenvalue weighted by atomic mass is 9.94. The Morgan fingerprint density at radius 2 is 0.596 bits per heavy atom. The van der Waals surface area contributed by atoms with Crippen molar-refractivity contribution in [1.29, 1.82) is 0 Å². The number of hydrogen-bond acceptors (Lipinski definition) is 3. The van der Waals surface area contributed by atoms with Gasteiger partial charge in [-0.1, -0.05) is 151 Å². The van der Waals surface area contributed by atoms with Crippen LogP contribution in [-0.2, 0) is 0 Å². The highest BCUT2D eigenvalue weighted by molar-refractivity contribution is 5.79. The van der Waals surface area contributed by atoms with Gasteiger partial charge >= 0.3 is 0 Å². The summed E-state index contributed by atoms with van der Waals surface area (Å²) in [5.41, 5.74) is 17.3. The summed E-state index contributed by atoms with van der Waals surface area (Å²) in [6, 6.07) is 58.0. The van der Waals surface area contributed by atoms with Gasteiger partial charge in [-0.15, -0.1) is 0 Å². The van der Waals surface area contributed by atoms with E-state index in [9.17, 15) is 0 Å². The quantitative estimate of drug-likeness (QED) is 0.169. The second kappa shape index (κ2) is 14.0. The van der Waals surface area contributed by atoms with Crippen molar-refractivity contribution in [2.45, 2.75) is 27.7 Å². The van der Waals surface area contributed by atoms with Gasteiger partial charge in [0.25, 0.3) is 0 Å². The molecule has 1 heterocycles. The van der Waals surface area contributed by atoms with Crippen LogP contribution in [0, 0.1) is 27.7 Å². The van der Waals surface area contributed by atoms with Crippen LogP contribution in [0.4, 0.5) is 0 Å². The smallest absolute Gasteiger partial charge is 0.164 e. The number of aromatic nitrogens is 3. The van der Waals surface area contributed by atoms with Gasteiger partial charge in [-0.2, -0.15) is 0 Å². The molecule has 3 heteroatoms. The second-order valence-electron chi connectivity index (χ2n) is 13.6. The summed E-state index contributed by atoms with van der Waals surface area (Å²) in [6.07, 6.45) is 0. The third kappa shape index (κ3) is 6.82. The lowest BCUT2D eigenvalue weighted by molar-refractivity contribution is 1.07. The Bertz CT molecular complexity index is 2410. The minimum absolute atomic E-state index is 0.638. The van der Waals surface area contributed by atoms with E-state index in [1.54, 1.807) is 0 Å². The van der Waals surface area contributed by atoms with Crippen LogP contribution in [0.1, 0.15) is 22.3 Å². The normalized spacial score (nSPS) is 11.1. The van der Waals surface area contributed by atoms with Crippen LogP contribution in [0.5, 0.6) is 0 Å². The van der Waals surface area contributed by atoms with Gasteiger partial charge in [0.1, 0.15) is 0 Å². The molecule has 0 N–H and O–H groups in total. The first kappa shape index (κ1) is 32.7. The maximum atomic E-state index is 5.12. The molecule has 0 aliphatic heterocycles. The Hall–Kier alpha value is -6.45. The SMILES string of the molecule is Cc1ccc(C)c(-c2cccc(-c3cccc(-c4nc(-c5ccccc5)nc(-c5cccc(-c6cccc(-c7cc(C)ccc7C)c6)c5)n4)c3)c2)c1. The van der Waals surface area contributed by atoms with E-state index in [0.29, 0.717) is 17.5 Å². The largest absolute Gasteiger partial charge is 0.208 e. The van der Waals surface area contributed by atoms with Crippen molar-refractivity contribution in [3.05, 3.63) is 186 Å². The van der Waals surface area contributed by atoms with E-state index in [1.165, 1.54) is 44.5 Å². The molecule has 0 radical (unpaired) electrons. The molecule has 0 unspecified atom stereocenters. The van der Waals surface area contributed by atoms with Gasteiger partial charge < -0.3 is 0 Å². The molecule has 3 nitrogen and oxygen atoms in total. The molecule has 0 aliphatic rings. The van der Waals surface area contributed by atoms with Gasteiger partial charge in [0, 0.05) is 16.7 Å². The van der Waals surface area contributed by atoms with Crippen LogP contribution in [0.3, 0.4) is 0 Å². The fraction of sp³-hybridized carbons (Fsp3) is 0.0816. The zero-order chi connectivity index (χ0) is 35.6. The fourth-order valence-corrected chi connectivity index (χ4v) is 6.85. The van der Waals surface area contributed by atoms with Crippen LogP contribution in [-0.4, -0.2) is 15.0 Å². The number of rotatable bonds is 7.